The molecular weight excluding hydrogens is 242 g/mol. The molecule has 0 spiro atoms. The second kappa shape index (κ2) is 5.93. The van der Waals surface area contributed by atoms with Crippen LogP contribution in [0.5, 0.6) is 0 Å². The normalized spacial score (nSPS) is 16.3. The molecule has 0 saturated carbocycles. The van der Waals surface area contributed by atoms with Crippen LogP contribution >= 0.6 is 0 Å². The predicted molar refractivity (Wildman–Crippen MR) is 77.0 cm³/mol. The van der Waals surface area contributed by atoms with Crippen molar-refractivity contribution in [1.82, 2.24) is 4.90 Å². The van der Waals surface area contributed by atoms with Crippen molar-refractivity contribution in [2.24, 2.45) is 0 Å². The maximum atomic E-state index is 11.9. The van der Waals surface area contributed by atoms with E-state index in [1.54, 1.807) is 0 Å². The number of methoxy groups -OCH3 is 1. The number of piperazine rings is 1. The van der Waals surface area contributed by atoms with Crippen LogP contribution in [0.15, 0.2) is 18.2 Å². The molecule has 1 saturated heterocycles. The van der Waals surface area contributed by atoms with Gasteiger partial charge in [0, 0.05) is 38.9 Å². The number of likely N-dealkylation sites (N-methyl/N-ethyl adjacent to an activating group) is 1. The summed E-state index contributed by atoms with van der Waals surface area (Å²) < 4.78 is 4.88. The SMILES string of the molecule is CNc1ccc(N2CCN(C)CC2)c(C(=O)OC)c1. The molecule has 1 aliphatic heterocycles. The van der Waals surface area contributed by atoms with E-state index >= 15 is 0 Å². The van der Waals surface area contributed by atoms with E-state index in [1.807, 2.05) is 25.2 Å². The monoisotopic (exact) mass is 263 g/mol. The number of carbonyl (C=O) groups is 1. The van der Waals surface area contributed by atoms with Gasteiger partial charge in [0.15, 0.2) is 0 Å². The number of ether oxygens (including phenoxy) is 1. The molecule has 1 aromatic rings. The van der Waals surface area contributed by atoms with Crippen LogP contribution in [0.3, 0.4) is 0 Å². The number of rotatable bonds is 3. The molecule has 1 N–H and O–H groups in total. The Morgan fingerprint density at radius 3 is 2.53 bits per heavy atom. The zero-order valence-electron chi connectivity index (χ0n) is 11.8. The molecule has 1 heterocycles. The molecule has 0 aromatic heterocycles. The molecule has 104 valence electrons. The van der Waals surface area contributed by atoms with Gasteiger partial charge in [-0.25, -0.2) is 4.79 Å². The molecule has 5 nitrogen and oxygen atoms in total. The van der Waals surface area contributed by atoms with Crippen molar-refractivity contribution >= 4 is 17.3 Å². The van der Waals surface area contributed by atoms with E-state index < -0.39 is 0 Å². The topological polar surface area (TPSA) is 44.8 Å². The van der Waals surface area contributed by atoms with Gasteiger partial charge in [0.1, 0.15) is 0 Å². The minimum absolute atomic E-state index is 0.286. The third-order valence-electron chi connectivity index (χ3n) is 3.53. The number of hydrogen-bond donors (Lipinski definition) is 1. The maximum Gasteiger partial charge on any atom is 0.340 e. The minimum Gasteiger partial charge on any atom is -0.465 e. The van der Waals surface area contributed by atoms with Crippen LogP contribution in [0, 0.1) is 0 Å². The van der Waals surface area contributed by atoms with Gasteiger partial charge in [0.2, 0.25) is 0 Å². The largest absolute Gasteiger partial charge is 0.465 e. The Labute approximate surface area is 114 Å². The van der Waals surface area contributed by atoms with E-state index in [2.05, 4.69) is 22.2 Å². The lowest BCUT2D eigenvalue weighted by atomic mass is 10.1. The van der Waals surface area contributed by atoms with Gasteiger partial charge in [-0.15, -0.1) is 0 Å². The third kappa shape index (κ3) is 2.98. The molecule has 2 rings (SSSR count). The van der Waals surface area contributed by atoms with E-state index in [9.17, 15) is 4.79 Å². The Morgan fingerprint density at radius 2 is 1.95 bits per heavy atom. The summed E-state index contributed by atoms with van der Waals surface area (Å²) in [6.07, 6.45) is 0. The summed E-state index contributed by atoms with van der Waals surface area (Å²) in [5.41, 5.74) is 2.50. The first kappa shape index (κ1) is 13.7. The van der Waals surface area contributed by atoms with Crippen molar-refractivity contribution in [3.8, 4) is 0 Å². The van der Waals surface area contributed by atoms with Crippen LogP contribution in [-0.2, 0) is 4.74 Å². The van der Waals surface area contributed by atoms with Crippen LogP contribution in [-0.4, -0.2) is 58.3 Å². The van der Waals surface area contributed by atoms with Gasteiger partial charge < -0.3 is 19.9 Å². The number of nitrogens with zero attached hydrogens (tertiary/aromatic N) is 2. The summed E-state index contributed by atoms with van der Waals surface area (Å²) in [5.74, 6) is -0.286. The molecule has 0 aliphatic carbocycles. The number of anilines is 2. The number of nitrogens with one attached hydrogen (secondary N) is 1. The maximum absolute atomic E-state index is 11.9. The summed E-state index contributed by atoms with van der Waals surface area (Å²) in [7, 11) is 5.37. The molecule has 0 amide bonds. The zero-order chi connectivity index (χ0) is 13.8. The van der Waals surface area contributed by atoms with E-state index in [-0.39, 0.29) is 5.97 Å². The van der Waals surface area contributed by atoms with E-state index in [0.29, 0.717) is 5.56 Å². The van der Waals surface area contributed by atoms with Gasteiger partial charge in [0.25, 0.3) is 0 Å². The van der Waals surface area contributed by atoms with Gasteiger partial charge in [-0.2, -0.15) is 0 Å². The first-order valence-electron chi connectivity index (χ1n) is 6.49. The van der Waals surface area contributed by atoms with Crippen molar-refractivity contribution in [3.05, 3.63) is 23.8 Å². The van der Waals surface area contributed by atoms with Crippen molar-refractivity contribution in [1.29, 1.82) is 0 Å². The Bertz CT molecular complexity index is 454. The molecule has 0 unspecified atom stereocenters. The first-order valence-corrected chi connectivity index (χ1v) is 6.49. The molecule has 1 fully saturated rings. The van der Waals surface area contributed by atoms with Crippen LogP contribution in [0.25, 0.3) is 0 Å². The Balaban J connectivity index is 2.30. The molecule has 1 aromatic carbocycles. The lowest BCUT2D eigenvalue weighted by Gasteiger charge is -2.35. The van der Waals surface area contributed by atoms with Gasteiger partial charge in [-0.1, -0.05) is 0 Å². The van der Waals surface area contributed by atoms with Crippen molar-refractivity contribution < 1.29 is 9.53 Å². The average molecular weight is 263 g/mol. The Morgan fingerprint density at radius 1 is 1.26 bits per heavy atom. The summed E-state index contributed by atoms with van der Waals surface area (Å²) in [5, 5.41) is 3.05. The van der Waals surface area contributed by atoms with E-state index in [0.717, 1.165) is 37.6 Å². The standard InChI is InChI=1S/C14H21N3O2/c1-15-11-4-5-13(12(10-11)14(18)19-3)17-8-6-16(2)7-9-17/h4-5,10,15H,6-9H2,1-3H3. The summed E-state index contributed by atoms with van der Waals surface area (Å²) in [6, 6.07) is 5.82. The highest BCUT2D eigenvalue weighted by Gasteiger charge is 2.20. The fourth-order valence-corrected chi connectivity index (χ4v) is 2.29. The molecule has 1 aliphatic rings. The second-order valence-corrected chi connectivity index (χ2v) is 4.76. The average Bonchev–Trinajstić information content (AvgIpc) is 2.46. The van der Waals surface area contributed by atoms with Gasteiger partial charge in [0.05, 0.1) is 18.4 Å². The highest BCUT2D eigenvalue weighted by Crippen LogP contribution is 2.26. The Kier molecular flexibility index (Phi) is 4.27. The molecule has 0 bridgehead atoms. The predicted octanol–water partition coefficient (Wildman–Crippen LogP) is 1.27. The van der Waals surface area contributed by atoms with E-state index in [4.69, 9.17) is 4.74 Å². The highest BCUT2D eigenvalue weighted by atomic mass is 16.5. The van der Waals surface area contributed by atoms with Gasteiger partial charge >= 0.3 is 5.97 Å². The minimum atomic E-state index is -0.286. The lowest BCUT2D eigenvalue weighted by molar-refractivity contribution is 0.0601. The van der Waals surface area contributed by atoms with Crippen molar-refractivity contribution in [2.45, 2.75) is 0 Å². The fraction of sp³-hybridized carbons (Fsp3) is 0.500. The van der Waals surface area contributed by atoms with Crippen LogP contribution in [0.2, 0.25) is 0 Å². The molecule has 0 atom stereocenters. The van der Waals surface area contributed by atoms with E-state index in [1.165, 1.54) is 7.11 Å². The first-order chi connectivity index (χ1) is 9.15. The summed E-state index contributed by atoms with van der Waals surface area (Å²) in [4.78, 5) is 16.5. The van der Waals surface area contributed by atoms with Gasteiger partial charge in [-0.05, 0) is 25.2 Å². The quantitative estimate of drug-likeness (QED) is 0.832. The number of hydrogen-bond acceptors (Lipinski definition) is 5. The molecular formula is C14H21N3O2. The fourth-order valence-electron chi connectivity index (χ4n) is 2.29. The zero-order valence-corrected chi connectivity index (χ0v) is 11.8. The lowest BCUT2D eigenvalue weighted by Crippen LogP contribution is -2.45. The molecule has 0 radical (unpaired) electrons. The van der Waals surface area contributed by atoms with Crippen LogP contribution in [0.1, 0.15) is 10.4 Å². The van der Waals surface area contributed by atoms with Crippen molar-refractivity contribution in [3.63, 3.8) is 0 Å². The smallest absolute Gasteiger partial charge is 0.340 e. The highest BCUT2D eigenvalue weighted by molar-refractivity contribution is 5.97. The summed E-state index contributed by atoms with van der Waals surface area (Å²) in [6.45, 7) is 3.88. The molecule has 5 heteroatoms. The summed E-state index contributed by atoms with van der Waals surface area (Å²) >= 11 is 0. The van der Waals surface area contributed by atoms with Crippen LogP contribution < -0.4 is 10.2 Å². The number of benzene rings is 1. The third-order valence-corrected chi connectivity index (χ3v) is 3.53. The van der Waals surface area contributed by atoms with Crippen LogP contribution in [0.4, 0.5) is 11.4 Å². The van der Waals surface area contributed by atoms with Gasteiger partial charge in [-0.3, -0.25) is 0 Å². The van der Waals surface area contributed by atoms with Crippen molar-refractivity contribution in [2.75, 3.05) is 57.6 Å². The number of carbonyl (C=O) groups excluding carboxylic acids is 1. The number of esters is 1. The second-order valence-electron chi connectivity index (χ2n) is 4.76. The Hall–Kier alpha value is -1.75. The molecule has 19 heavy (non-hydrogen) atoms.